The standard InChI is InChI=1S/C18H28N4O2/c1-12(2)11-16-17(23)19-9-10-22(16)18(24)20-14-7-6-8-15(13(14)3)21(4)5/h6-8,12,16H,9-11H2,1-5H3,(H,19,23)(H,20,24). The number of carbonyl (C=O) groups excluding carboxylic acids is 2. The van der Waals surface area contributed by atoms with Crippen molar-refractivity contribution in [2.45, 2.75) is 33.2 Å². The van der Waals surface area contributed by atoms with E-state index in [4.69, 9.17) is 0 Å². The molecule has 132 valence electrons. The van der Waals surface area contributed by atoms with Crippen molar-refractivity contribution in [3.8, 4) is 0 Å². The molecule has 0 saturated carbocycles. The van der Waals surface area contributed by atoms with Crippen molar-refractivity contribution < 1.29 is 9.59 Å². The highest BCUT2D eigenvalue weighted by Gasteiger charge is 2.33. The summed E-state index contributed by atoms with van der Waals surface area (Å²) in [4.78, 5) is 28.6. The maximum Gasteiger partial charge on any atom is 0.322 e. The van der Waals surface area contributed by atoms with E-state index in [1.54, 1.807) is 4.90 Å². The highest BCUT2D eigenvalue weighted by Crippen LogP contribution is 2.26. The Labute approximate surface area is 144 Å². The van der Waals surface area contributed by atoms with Crippen LogP contribution in [0.2, 0.25) is 0 Å². The number of amides is 3. The average molecular weight is 332 g/mol. The maximum absolute atomic E-state index is 12.8. The number of urea groups is 1. The summed E-state index contributed by atoms with van der Waals surface area (Å²) in [5, 5.41) is 5.83. The molecule has 1 aromatic rings. The second-order valence-electron chi connectivity index (χ2n) is 6.90. The van der Waals surface area contributed by atoms with Crippen LogP contribution in [0.5, 0.6) is 0 Å². The molecule has 0 bridgehead atoms. The normalized spacial score (nSPS) is 17.7. The predicted molar refractivity (Wildman–Crippen MR) is 97.5 cm³/mol. The Balaban J connectivity index is 2.19. The molecule has 1 heterocycles. The molecule has 0 aromatic heterocycles. The SMILES string of the molecule is Cc1c(NC(=O)N2CCNC(=O)C2CC(C)C)cccc1N(C)C. The first kappa shape index (κ1) is 18.1. The van der Waals surface area contributed by atoms with E-state index >= 15 is 0 Å². The molecule has 24 heavy (non-hydrogen) atoms. The van der Waals surface area contributed by atoms with Crippen LogP contribution < -0.4 is 15.5 Å². The highest BCUT2D eigenvalue weighted by molar-refractivity contribution is 5.95. The van der Waals surface area contributed by atoms with Gasteiger partial charge in [0.2, 0.25) is 5.91 Å². The van der Waals surface area contributed by atoms with Gasteiger partial charge in [-0.3, -0.25) is 4.79 Å². The van der Waals surface area contributed by atoms with Gasteiger partial charge in [-0.15, -0.1) is 0 Å². The van der Waals surface area contributed by atoms with E-state index in [0.717, 1.165) is 16.9 Å². The van der Waals surface area contributed by atoms with Crippen LogP contribution in [0.15, 0.2) is 18.2 Å². The smallest absolute Gasteiger partial charge is 0.322 e. The minimum atomic E-state index is -0.406. The third-order valence-electron chi connectivity index (χ3n) is 4.31. The van der Waals surface area contributed by atoms with E-state index in [2.05, 4.69) is 24.5 Å². The number of rotatable bonds is 4. The molecule has 0 aliphatic carbocycles. The fraction of sp³-hybridized carbons (Fsp3) is 0.556. The molecule has 3 amide bonds. The van der Waals surface area contributed by atoms with Gasteiger partial charge in [0, 0.05) is 38.6 Å². The molecule has 1 fully saturated rings. The lowest BCUT2D eigenvalue weighted by Gasteiger charge is -2.36. The Hall–Kier alpha value is -2.24. The quantitative estimate of drug-likeness (QED) is 0.890. The summed E-state index contributed by atoms with van der Waals surface area (Å²) in [6.45, 7) is 7.13. The topological polar surface area (TPSA) is 64.7 Å². The summed E-state index contributed by atoms with van der Waals surface area (Å²) in [6, 6.07) is 5.21. The van der Waals surface area contributed by atoms with Crippen molar-refractivity contribution in [1.29, 1.82) is 0 Å². The molecule has 0 spiro atoms. The number of carbonyl (C=O) groups is 2. The third kappa shape index (κ3) is 3.99. The lowest BCUT2D eigenvalue weighted by molar-refractivity contribution is -0.128. The van der Waals surface area contributed by atoms with Crippen molar-refractivity contribution in [3.63, 3.8) is 0 Å². The maximum atomic E-state index is 12.8. The first-order valence-corrected chi connectivity index (χ1v) is 8.43. The second-order valence-corrected chi connectivity index (χ2v) is 6.90. The number of hydrogen-bond acceptors (Lipinski definition) is 3. The summed E-state index contributed by atoms with van der Waals surface area (Å²) in [7, 11) is 3.95. The van der Waals surface area contributed by atoms with Crippen LogP contribution in [0.4, 0.5) is 16.2 Å². The summed E-state index contributed by atoms with van der Waals surface area (Å²) in [5.74, 6) is 0.275. The molecular formula is C18H28N4O2. The summed E-state index contributed by atoms with van der Waals surface area (Å²) in [6.07, 6.45) is 0.663. The number of anilines is 2. The van der Waals surface area contributed by atoms with E-state index in [1.807, 2.05) is 44.1 Å². The van der Waals surface area contributed by atoms with E-state index in [9.17, 15) is 9.59 Å². The van der Waals surface area contributed by atoms with Crippen LogP contribution >= 0.6 is 0 Å². The van der Waals surface area contributed by atoms with Gasteiger partial charge in [0.1, 0.15) is 6.04 Å². The first-order chi connectivity index (χ1) is 11.3. The summed E-state index contributed by atoms with van der Waals surface area (Å²) in [5.41, 5.74) is 2.85. The zero-order valence-electron chi connectivity index (χ0n) is 15.2. The van der Waals surface area contributed by atoms with Crippen LogP contribution in [0.3, 0.4) is 0 Å². The lowest BCUT2D eigenvalue weighted by Crippen LogP contribution is -2.58. The fourth-order valence-electron chi connectivity index (χ4n) is 3.07. The Morgan fingerprint density at radius 2 is 2.12 bits per heavy atom. The lowest BCUT2D eigenvalue weighted by atomic mass is 10.0. The van der Waals surface area contributed by atoms with Gasteiger partial charge in [0.15, 0.2) is 0 Å². The zero-order valence-corrected chi connectivity index (χ0v) is 15.2. The van der Waals surface area contributed by atoms with Crippen molar-refractivity contribution in [2.24, 2.45) is 5.92 Å². The van der Waals surface area contributed by atoms with Crippen LogP contribution in [0.25, 0.3) is 0 Å². The predicted octanol–water partition coefficient (Wildman–Crippen LogP) is 2.44. The summed E-state index contributed by atoms with van der Waals surface area (Å²) >= 11 is 0. The number of benzene rings is 1. The highest BCUT2D eigenvalue weighted by atomic mass is 16.2. The Morgan fingerprint density at radius 3 is 2.75 bits per heavy atom. The molecule has 2 N–H and O–H groups in total. The molecule has 0 radical (unpaired) electrons. The van der Waals surface area contributed by atoms with E-state index in [0.29, 0.717) is 25.4 Å². The largest absolute Gasteiger partial charge is 0.377 e. The van der Waals surface area contributed by atoms with Gasteiger partial charge in [0.25, 0.3) is 0 Å². The van der Waals surface area contributed by atoms with Crippen LogP contribution in [0.1, 0.15) is 25.8 Å². The monoisotopic (exact) mass is 332 g/mol. The number of nitrogens with one attached hydrogen (secondary N) is 2. The Morgan fingerprint density at radius 1 is 1.42 bits per heavy atom. The van der Waals surface area contributed by atoms with Gasteiger partial charge < -0.3 is 20.4 Å². The second kappa shape index (κ2) is 7.55. The molecular weight excluding hydrogens is 304 g/mol. The molecule has 1 unspecified atom stereocenters. The minimum absolute atomic E-state index is 0.0659. The van der Waals surface area contributed by atoms with Crippen molar-refractivity contribution in [2.75, 3.05) is 37.4 Å². The molecule has 2 rings (SSSR count). The van der Waals surface area contributed by atoms with Crippen LogP contribution in [0, 0.1) is 12.8 Å². The molecule has 1 aliphatic rings. The van der Waals surface area contributed by atoms with E-state index < -0.39 is 6.04 Å². The van der Waals surface area contributed by atoms with Crippen LogP contribution in [-0.2, 0) is 4.79 Å². The minimum Gasteiger partial charge on any atom is -0.377 e. The van der Waals surface area contributed by atoms with Crippen molar-refractivity contribution in [1.82, 2.24) is 10.2 Å². The first-order valence-electron chi connectivity index (χ1n) is 8.43. The molecule has 1 aliphatic heterocycles. The Kier molecular flexibility index (Phi) is 5.70. The van der Waals surface area contributed by atoms with E-state index in [-0.39, 0.29) is 11.9 Å². The van der Waals surface area contributed by atoms with Gasteiger partial charge >= 0.3 is 6.03 Å². The van der Waals surface area contributed by atoms with E-state index in [1.165, 1.54) is 0 Å². The molecule has 1 saturated heterocycles. The fourth-order valence-corrected chi connectivity index (χ4v) is 3.07. The third-order valence-corrected chi connectivity index (χ3v) is 4.31. The Bertz CT molecular complexity index is 613. The molecule has 1 aromatic carbocycles. The van der Waals surface area contributed by atoms with Gasteiger partial charge in [-0.1, -0.05) is 19.9 Å². The van der Waals surface area contributed by atoms with Gasteiger partial charge in [-0.25, -0.2) is 4.79 Å². The van der Waals surface area contributed by atoms with Gasteiger partial charge in [0.05, 0.1) is 0 Å². The number of piperazine rings is 1. The molecule has 1 atom stereocenters. The zero-order chi connectivity index (χ0) is 17.9. The average Bonchev–Trinajstić information content (AvgIpc) is 2.50. The van der Waals surface area contributed by atoms with Crippen LogP contribution in [-0.4, -0.2) is 50.1 Å². The van der Waals surface area contributed by atoms with Crippen molar-refractivity contribution in [3.05, 3.63) is 23.8 Å². The number of hydrogen-bond donors (Lipinski definition) is 2. The van der Waals surface area contributed by atoms with Gasteiger partial charge in [-0.2, -0.15) is 0 Å². The molecule has 6 nitrogen and oxygen atoms in total. The molecule has 6 heteroatoms. The van der Waals surface area contributed by atoms with Gasteiger partial charge in [-0.05, 0) is 37.0 Å². The summed E-state index contributed by atoms with van der Waals surface area (Å²) < 4.78 is 0. The number of nitrogens with zero attached hydrogens (tertiary/aromatic N) is 2. The van der Waals surface area contributed by atoms with Crippen molar-refractivity contribution >= 4 is 23.3 Å².